The van der Waals surface area contributed by atoms with Gasteiger partial charge in [-0.2, -0.15) is 0 Å². The number of nitrogens with zero attached hydrogens (tertiary/aromatic N) is 1. The van der Waals surface area contributed by atoms with E-state index in [1.54, 1.807) is 20.9 Å². The minimum Gasteiger partial charge on any atom is -0.345 e. The van der Waals surface area contributed by atoms with Crippen LogP contribution in [0.1, 0.15) is 20.3 Å². The van der Waals surface area contributed by atoms with Gasteiger partial charge in [-0.3, -0.25) is 4.79 Å². The van der Waals surface area contributed by atoms with Crippen LogP contribution in [0.5, 0.6) is 0 Å². The van der Waals surface area contributed by atoms with Crippen molar-refractivity contribution in [2.24, 2.45) is 5.73 Å². The van der Waals surface area contributed by atoms with Crippen LogP contribution in [0.4, 0.5) is 0 Å². The van der Waals surface area contributed by atoms with Crippen molar-refractivity contribution >= 4 is 15.7 Å². The van der Waals surface area contributed by atoms with Crippen LogP contribution in [0.15, 0.2) is 0 Å². The predicted octanol–water partition coefficient (Wildman–Crippen LogP) is -0.383. The third kappa shape index (κ3) is 5.13. The number of carbonyl (C=O) groups is 1. The maximum atomic E-state index is 11.5. The van der Waals surface area contributed by atoms with Gasteiger partial charge in [0.05, 0.1) is 5.25 Å². The van der Waals surface area contributed by atoms with Gasteiger partial charge >= 0.3 is 0 Å². The zero-order valence-electron chi connectivity index (χ0n) is 9.56. The standard InChI is InChI=1S/C9H20N2O3S/c1-8(2)15(13,14)7-9(12)11(3)6-4-5-10/h8H,4-7,10H2,1-3H3. The second-order valence-electron chi connectivity index (χ2n) is 3.81. The van der Waals surface area contributed by atoms with E-state index in [4.69, 9.17) is 5.73 Å². The van der Waals surface area contributed by atoms with E-state index in [2.05, 4.69) is 0 Å². The van der Waals surface area contributed by atoms with Gasteiger partial charge in [-0.15, -0.1) is 0 Å². The molecule has 0 aromatic carbocycles. The van der Waals surface area contributed by atoms with Crippen LogP contribution in [-0.4, -0.2) is 50.4 Å². The average Bonchev–Trinajstić information content (AvgIpc) is 2.13. The third-order valence-corrected chi connectivity index (χ3v) is 4.25. The molecule has 90 valence electrons. The molecule has 0 unspecified atom stereocenters. The van der Waals surface area contributed by atoms with Crippen molar-refractivity contribution in [3.63, 3.8) is 0 Å². The molecule has 0 aromatic rings. The van der Waals surface area contributed by atoms with Crippen molar-refractivity contribution in [1.29, 1.82) is 0 Å². The summed E-state index contributed by atoms with van der Waals surface area (Å²) in [6.45, 7) is 4.14. The van der Waals surface area contributed by atoms with E-state index in [1.165, 1.54) is 4.90 Å². The minimum absolute atomic E-state index is 0.364. The molecule has 0 aromatic heterocycles. The Bertz CT molecular complexity index is 298. The molecule has 0 saturated heterocycles. The molecule has 0 aliphatic carbocycles. The highest BCUT2D eigenvalue weighted by atomic mass is 32.2. The molecule has 1 amide bonds. The molecular formula is C9H20N2O3S. The SMILES string of the molecule is CC(C)S(=O)(=O)CC(=O)N(C)CCCN. The van der Waals surface area contributed by atoms with Crippen molar-refractivity contribution in [1.82, 2.24) is 4.90 Å². The first-order valence-corrected chi connectivity index (χ1v) is 6.68. The fourth-order valence-corrected chi connectivity index (χ4v) is 1.80. The first-order chi connectivity index (χ1) is 6.81. The van der Waals surface area contributed by atoms with Gasteiger partial charge in [-0.25, -0.2) is 8.42 Å². The number of carbonyl (C=O) groups excluding carboxylic acids is 1. The molecule has 0 bridgehead atoms. The fraction of sp³-hybridized carbons (Fsp3) is 0.889. The van der Waals surface area contributed by atoms with Crippen molar-refractivity contribution < 1.29 is 13.2 Å². The Morgan fingerprint density at radius 2 is 1.93 bits per heavy atom. The van der Waals surface area contributed by atoms with Crippen LogP contribution in [0, 0.1) is 0 Å². The highest BCUT2D eigenvalue weighted by molar-refractivity contribution is 7.92. The smallest absolute Gasteiger partial charge is 0.237 e. The van der Waals surface area contributed by atoms with Crippen LogP contribution in [-0.2, 0) is 14.6 Å². The fourth-order valence-electron chi connectivity index (χ4n) is 0.902. The van der Waals surface area contributed by atoms with E-state index in [1.807, 2.05) is 0 Å². The van der Waals surface area contributed by atoms with E-state index >= 15 is 0 Å². The van der Waals surface area contributed by atoms with E-state index in [9.17, 15) is 13.2 Å². The Morgan fingerprint density at radius 3 is 2.33 bits per heavy atom. The van der Waals surface area contributed by atoms with Gasteiger partial charge in [0.2, 0.25) is 5.91 Å². The lowest BCUT2D eigenvalue weighted by Gasteiger charge is -2.17. The van der Waals surface area contributed by atoms with Crippen molar-refractivity contribution in [2.45, 2.75) is 25.5 Å². The van der Waals surface area contributed by atoms with Crippen LogP contribution in [0.2, 0.25) is 0 Å². The number of rotatable bonds is 6. The number of nitrogens with two attached hydrogens (primary N) is 1. The summed E-state index contributed by atoms with van der Waals surface area (Å²) in [6.07, 6.45) is 0.684. The molecule has 0 radical (unpaired) electrons. The van der Waals surface area contributed by atoms with E-state index in [0.717, 1.165) is 0 Å². The Balaban J connectivity index is 4.25. The highest BCUT2D eigenvalue weighted by Crippen LogP contribution is 2.02. The van der Waals surface area contributed by atoms with Crippen molar-refractivity contribution in [3.8, 4) is 0 Å². The molecular weight excluding hydrogens is 216 g/mol. The number of hydrogen-bond donors (Lipinski definition) is 1. The lowest BCUT2D eigenvalue weighted by molar-refractivity contribution is -0.127. The summed E-state index contributed by atoms with van der Waals surface area (Å²) in [5.74, 6) is -0.775. The summed E-state index contributed by atoms with van der Waals surface area (Å²) in [6, 6.07) is 0. The van der Waals surface area contributed by atoms with Gasteiger partial charge in [0, 0.05) is 13.6 Å². The van der Waals surface area contributed by atoms with Crippen LogP contribution in [0.3, 0.4) is 0 Å². The lowest BCUT2D eigenvalue weighted by Crippen LogP contribution is -2.36. The Kier molecular flexibility index (Phi) is 5.82. The molecule has 0 spiro atoms. The summed E-state index contributed by atoms with van der Waals surface area (Å²) in [5.41, 5.74) is 5.30. The Labute approximate surface area is 91.5 Å². The molecule has 0 saturated carbocycles. The first kappa shape index (κ1) is 14.4. The van der Waals surface area contributed by atoms with Gasteiger partial charge in [0.1, 0.15) is 5.75 Å². The summed E-state index contributed by atoms with van der Waals surface area (Å²) in [7, 11) is -1.70. The number of sulfone groups is 1. The predicted molar refractivity (Wildman–Crippen MR) is 60.2 cm³/mol. The number of amides is 1. The molecule has 15 heavy (non-hydrogen) atoms. The number of hydrogen-bond acceptors (Lipinski definition) is 4. The highest BCUT2D eigenvalue weighted by Gasteiger charge is 2.22. The third-order valence-electron chi connectivity index (χ3n) is 2.17. The van der Waals surface area contributed by atoms with Crippen molar-refractivity contribution in [3.05, 3.63) is 0 Å². The summed E-state index contributed by atoms with van der Waals surface area (Å²) in [5, 5.41) is -0.510. The largest absolute Gasteiger partial charge is 0.345 e. The zero-order chi connectivity index (χ0) is 12.1. The average molecular weight is 236 g/mol. The lowest BCUT2D eigenvalue weighted by atomic mass is 10.4. The Morgan fingerprint density at radius 1 is 1.40 bits per heavy atom. The first-order valence-electron chi connectivity index (χ1n) is 4.97. The quantitative estimate of drug-likeness (QED) is 0.681. The van der Waals surface area contributed by atoms with E-state index in [-0.39, 0.29) is 5.91 Å². The molecule has 0 aliphatic heterocycles. The van der Waals surface area contributed by atoms with Gasteiger partial charge in [-0.05, 0) is 26.8 Å². The second-order valence-corrected chi connectivity index (χ2v) is 6.37. The molecule has 0 rings (SSSR count). The summed E-state index contributed by atoms with van der Waals surface area (Å²) in [4.78, 5) is 12.9. The van der Waals surface area contributed by atoms with Gasteiger partial charge in [0.15, 0.2) is 9.84 Å². The van der Waals surface area contributed by atoms with Crippen molar-refractivity contribution in [2.75, 3.05) is 25.9 Å². The molecule has 5 nitrogen and oxygen atoms in total. The summed E-state index contributed by atoms with van der Waals surface area (Å²) < 4.78 is 22.9. The van der Waals surface area contributed by atoms with E-state index < -0.39 is 20.8 Å². The van der Waals surface area contributed by atoms with Crippen LogP contribution >= 0.6 is 0 Å². The second kappa shape index (κ2) is 6.07. The van der Waals surface area contributed by atoms with Crippen LogP contribution < -0.4 is 5.73 Å². The summed E-state index contributed by atoms with van der Waals surface area (Å²) >= 11 is 0. The maximum absolute atomic E-state index is 11.5. The topological polar surface area (TPSA) is 80.5 Å². The Hall–Kier alpha value is -0.620. The van der Waals surface area contributed by atoms with E-state index in [0.29, 0.717) is 19.5 Å². The molecule has 0 fully saturated rings. The van der Waals surface area contributed by atoms with Crippen LogP contribution in [0.25, 0.3) is 0 Å². The van der Waals surface area contributed by atoms with Gasteiger partial charge < -0.3 is 10.6 Å². The maximum Gasteiger partial charge on any atom is 0.237 e. The normalized spacial score (nSPS) is 11.8. The molecule has 0 heterocycles. The molecule has 6 heteroatoms. The molecule has 2 N–H and O–H groups in total. The molecule has 0 atom stereocenters. The van der Waals surface area contributed by atoms with Gasteiger partial charge in [0.25, 0.3) is 0 Å². The molecule has 0 aliphatic rings. The van der Waals surface area contributed by atoms with Gasteiger partial charge in [-0.1, -0.05) is 0 Å². The monoisotopic (exact) mass is 236 g/mol. The zero-order valence-corrected chi connectivity index (χ0v) is 10.4. The minimum atomic E-state index is -3.29.